The van der Waals surface area contributed by atoms with Crippen LogP contribution in [0.25, 0.3) is 0 Å². The molecule has 1 aromatic carbocycles. The summed E-state index contributed by atoms with van der Waals surface area (Å²) in [5, 5.41) is 0. The van der Waals surface area contributed by atoms with Gasteiger partial charge in [-0.1, -0.05) is 53.7 Å². The lowest BCUT2D eigenvalue weighted by Gasteiger charge is -2.33. The molecule has 3 heteroatoms. The number of amides is 2. The van der Waals surface area contributed by atoms with E-state index in [1.807, 2.05) is 24.3 Å². The van der Waals surface area contributed by atoms with Crippen LogP contribution in [0.4, 0.5) is 5.69 Å². The monoisotopic (exact) mass is 301 g/mol. The van der Waals surface area contributed by atoms with Crippen LogP contribution in [0.5, 0.6) is 0 Å². The fourth-order valence-electron chi connectivity index (χ4n) is 3.54. The molecule has 0 spiro atoms. The molecule has 1 aliphatic rings. The molecule has 0 N–H and O–H groups in total. The van der Waals surface area contributed by atoms with Crippen molar-refractivity contribution in [3.63, 3.8) is 0 Å². The van der Waals surface area contributed by atoms with Crippen molar-refractivity contribution in [2.24, 2.45) is 11.3 Å². The van der Waals surface area contributed by atoms with E-state index in [-0.39, 0.29) is 28.6 Å². The molecule has 0 bridgehead atoms. The van der Waals surface area contributed by atoms with Gasteiger partial charge in [-0.25, -0.2) is 0 Å². The van der Waals surface area contributed by atoms with Crippen LogP contribution in [0.2, 0.25) is 0 Å². The zero-order chi connectivity index (χ0) is 16.7. The Balaban J connectivity index is 2.24. The van der Waals surface area contributed by atoms with E-state index in [0.29, 0.717) is 12.1 Å². The van der Waals surface area contributed by atoms with Crippen molar-refractivity contribution in [2.75, 3.05) is 4.90 Å². The number of carbonyl (C=O) groups excluding carboxylic acids is 2. The Kier molecular flexibility index (Phi) is 4.20. The van der Waals surface area contributed by atoms with Gasteiger partial charge in [-0.05, 0) is 34.9 Å². The zero-order valence-corrected chi connectivity index (χ0v) is 14.6. The van der Waals surface area contributed by atoms with Gasteiger partial charge in [-0.15, -0.1) is 0 Å². The van der Waals surface area contributed by atoms with Crippen molar-refractivity contribution in [1.29, 1.82) is 0 Å². The zero-order valence-electron chi connectivity index (χ0n) is 14.6. The smallest absolute Gasteiger partial charge is 0.237 e. The summed E-state index contributed by atoms with van der Waals surface area (Å²) < 4.78 is 0. The molecule has 1 heterocycles. The van der Waals surface area contributed by atoms with E-state index < -0.39 is 0 Å². The normalized spacial score (nSPS) is 19.9. The summed E-state index contributed by atoms with van der Waals surface area (Å²) in [6, 6.07) is 7.89. The van der Waals surface area contributed by atoms with E-state index in [4.69, 9.17) is 0 Å². The van der Waals surface area contributed by atoms with Crippen LogP contribution < -0.4 is 4.90 Å². The van der Waals surface area contributed by atoms with Crippen LogP contribution in [-0.4, -0.2) is 11.8 Å². The van der Waals surface area contributed by atoms with Crippen molar-refractivity contribution in [1.82, 2.24) is 0 Å². The fourth-order valence-corrected chi connectivity index (χ4v) is 3.54. The van der Waals surface area contributed by atoms with Gasteiger partial charge in [-0.3, -0.25) is 14.5 Å². The van der Waals surface area contributed by atoms with Gasteiger partial charge in [0.1, 0.15) is 0 Å². The highest BCUT2D eigenvalue weighted by Gasteiger charge is 2.36. The standard InChI is InChI=1S/C19H27NO2/c1-13-11-16(21)20(17(13)22)15-9-7-14(8-10-15)19(5,6)12-18(2,3)4/h7-10,13H,11-12H2,1-6H3. The minimum atomic E-state index is -0.204. The summed E-state index contributed by atoms with van der Waals surface area (Å²) in [6.07, 6.45) is 1.38. The number of imide groups is 1. The van der Waals surface area contributed by atoms with Crippen LogP contribution in [0.3, 0.4) is 0 Å². The summed E-state index contributed by atoms with van der Waals surface area (Å²) in [6.45, 7) is 13.0. The number of carbonyl (C=O) groups is 2. The lowest BCUT2D eigenvalue weighted by molar-refractivity contribution is -0.122. The molecule has 1 saturated heterocycles. The number of nitrogens with zero attached hydrogens (tertiary/aromatic N) is 1. The van der Waals surface area contributed by atoms with E-state index in [9.17, 15) is 9.59 Å². The molecule has 0 saturated carbocycles. The predicted molar refractivity (Wildman–Crippen MR) is 89.8 cm³/mol. The lowest BCUT2D eigenvalue weighted by atomic mass is 9.72. The van der Waals surface area contributed by atoms with Crippen LogP contribution in [-0.2, 0) is 15.0 Å². The van der Waals surface area contributed by atoms with Crippen LogP contribution in [0.1, 0.15) is 59.9 Å². The fraction of sp³-hybridized carbons (Fsp3) is 0.579. The predicted octanol–water partition coefficient (Wildman–Crippen LogP) is 4.30. The first-order chi connectivity index (χ1) is 10.0. The summed E-state index contributed by atoms with van der Waals surface area (Å²) in [4.78, 5) is 25.4. The van der Waals surface area contributed by atoms with E-state index in [1.54, 1.807) is 6.92 Å². The highest BCUT2D eigenvalue weighted by Crippen LogP contribution is 2.37. The Morgan fingerprint density at radius 2 is 1.59 bits per heavy atom. The number of hydrogen-bond acceptors (Lipinski definition) is 2. The summed E-state index contributed by atoms with van der Waals surface area (Å²) in [7, 11) is 0. The van der Waals surface area contributed by atoms with Crippen molar-refractivity contribution in [3.05, 3.63) is 29.8 Å². The van der Waals surface area contributed by atoms with E-state index in [0.717, 1.165) is 6.42 Å². The molecule has 1 atom stereocenters. The van der Waals surface area contributed by atoms with Gasteiger partial charge in [0.15, 0.2) is 0 Å². The number of anilines is 1. The summed E-state index contributed by atoms with van der Waals surface area (Å²) in [5.41, 5.74) is 2.23. The molecule has 1 fully saturated rings. The van der Waals surface area contributed by atoms with E-state index >= 15 is 0 Å². The molecular formula is C19H27NO2. The van der Waals surface area contributed by atoms with Crippen molar-refractivity contribution in [3.8, 4) is 0 Å². The molecule has 0 aromatic heterocycles. The molecule has 120 valence electrons. The Hall–Kier alpha value is -1.64. The van der Waals surface area contributed by atoms with E-state index in [1.165, 1.54) is 10.5 Å². The molecule has 1 aliphatic heterocycles. The molecular weight excluding hydrogens is 274 g/mol. The molecule has 2 amide bonds. The molecule has 22 heavy (non-hydrogen) atoms. The first-order valence-electron chi connectivity index (χ1n) is 7.99. The Bertz CT molecular complexity index is 578. The molecule has 3 nitrogen and oxygen atoms in total. The van der Waals surface area contributed by atoms with Crippen LogP contribution in [0.15, 0.2) is 24.3 Å². The third kappa shape index (κ3) is 3.40. The lowest BCUT2D eigenvalue weighted by Crippen LogP contribution is -2.30. The summed E-state index contributed by atoms with van der Waals surface area (Å²) in [5.74, 6) is -0.393. The maximum Gasteiger partial charge on any atom is 0.237 e. The molecule has 1 unspecified atom stereocenters. The first-order valence-corrected chi connectivity index (χ1v) is 7.99. The SMILES string of the molecule is CC1CC(=O)N(c2ccc(C(C)(C)CC(C)(C)C)cc2)C1=O. The Morgan fingerprint density at radius 3 is 2.00 bits per heavy atom. The van der Waals surface area contributed by atoms with E-state index in [2.05, 4.69) is 34.6 Å². The first kappa shape index (κ1) is 16.7. The van der Waals surface area contributed by atoms with Gasteiger partial charge in [0.25, 0.3) is 0 Å². The van der Waals surface area contributed by atoms with Crippen molar-refractivity contribution < 1.29 is 9.59 Å². The topological polar surface area (TPSA) is 37.4 Å². The maximum absolute atomic E-state index is 12.1. The molecule has 0 aliphatic carbocycles. The van der Waals surface area contributed by atoms with Gasteiger partial charge in [0, 0.05) is 12.3 Å². The minimum Gasteiger partial charge on any atom is -0.274 e. The van der Waals surface area contributed by atoms with Gasteiger partial charge in [-0.2, -0.15) is 0 Å². The highest BCUT2D eigenvalue weighted by atomic mass is 16.2. The number of rotatable bonds is 3. The maximum atomic E-state index is 12.1. The van der Waals surface area contributed by atoms with Crippen LogP contribution >= 0.6 is 0 Å². The third-order valence-electron chi connectivity index (χ3n) is 4.25. The highest BCUT2D eigenvalue weighted by molar-refractivity contribution is 6.20. The molecule has 1 aromatic rings. The second-order valence-electron chi connectivity index (χ2n) is 8.34. The van der Waals surface area contributed by atoms with Gasteiger partial charge >= 0.3 is 0 Å². The quantitative estimate of drug-likeness (QED) is 0.781. The second kappa shape index (κ2) is 5.53. The third-order valence-corrected chi connectivity index (χ3v) is 4.25. The Labute approximate surface area is 133 Å². The van der Waals surface area contributed by atoms with Crippen molar-refractivity contribution >= 4 is 17.5 Å². The van der Waals surface area contributed by atoms with Crippen molar-refractivity contribution in [2.45, 2.75) is 59.8 Å². The molecule has 0 radical (unpaired) electrons. The minimum absolute atomic E-state index is 0.0586. The number of benzene rings is 1. The second-order valence-corrected chi connectivity index (χ2v) is 8.34. The number of hydrogen-bond donors (Lipinski definition) is 0. The average Bonchev–Trinajstić information content (AvgIpc) is 2.60. The van der Waals surface area contributed by atoms with Gasteiger partial charge < -0.3 is 0 Å². The average molecular weight is 301 g/mol. The van der Waals surface area contributed by atoms with Crippen LogP contribution in [0, 0.1) is 11.3 Å². The van der Waals surface area contributed by atoms with Gasteiger partial charge in [0.2, 0.25) is 11.8 Å². The summed E-state index contributed by atoms with van der Waals surface area (Å²) >= 11 is 0. The Morgan fingerprint density at radius 1 is 1.05 bits per heavy atom. The molecule has 2 rings (SSSR count). The van der Waals surface area contributed by atoms with Gasteiger partial charge in [0.05, 0.1) is 5.69 Å². The largest absolute Gasteiger partial charge is 0.274 e.